The Morgan fingerprint density at radius 2 is 2.37 bits per heavy atom. The molecule has 102 valence electrons. The first-order valence-corrected chi connectivity index (χ1v) is 6.82. The molecular formula is C12H15N2O4P. The van der Waals surface area contributed by atoms with Gasteiger partial charge in [0.1, 0.15) is 5.75 Å². The fourth-order valence-corrected chi connectivity index (χ4v) is 2.31. The summed E-state index contributed by atoms with van der Waals surface area (Å²) >= 11 is 0. The molecule has 4 N–H and O–H groups in total. The molecule has 0 spiro atoms. The molecule has 0 amide bonds. The van der Waals surface area contributed by atoms with E-state index in [1.165, 1.54) is 18.2 Å². The molecule has 1 aliphatic heterocycles. The number of hydrogen-bond acceptors (Lipinski definition) is 3. The second kappa shape index (κ2) is 4.65. The van der Waals surface area contributed by atoms with E-state index in [-0.39, 0.29) is 22.2 Å². The number of hydrogen-bond donors (Lipinski definition) is 4. The standard InChI is InChI=1S/C12H15N2O4P/c15-19(16,17)18-11-3-1-2-10-12(11)9(7-14-10)8-4-5-13-6-8/h1-3,7-8,13-14H,4-6H2,(H2,15,16,17)/i4D2,5D2,6D2,8D. The SMILES string of the molecule is [2H]C1([2H])NC([2H])([2H])C([2H])(c2c[nH]c3cccc(OP(=O)(O)O)c23)C1([2H])[2H]. The molecule has 19 heavy (non-hydrogen) atoms. The van der Waals surface area contributed by atoms with Gasteiger partial charge in [0.05, 0.1) is 0 Å². The van der Waals surface area contributed by atoms with E-state index in [1.807, 2.05) is 5.32 Å². The lowest BCUT2D eigenvalue weighted by Crippen LogP contribution is -2.07. The van der Waals surface area contributed by atoms with Crippen molar-refractivity contribution in [3.8, 4) is 5.75 Å². The van der Waals surface area contributed by atoms with Gasteiger partial charge in [-0.05, 0) is 36.5 Å². The van der Waals surface area contributed by atoms with E-state index in [1.54, 1.807) is 0 Å². The van der Waals surface area contributed by atoms with E-state index < -0.39 is 33.1 Å². The Hall–Kier alpha value is -1.33. The largest absolute Gasteiger partial charge is 0.524 e. The summed E-state index contributed by atoms with van der Waals surface area (Å²) in [6, 6.07) is 4.06. The Morgan fingerprint density at radius 1 is 1.53 bits per heavy atom. The predicted molar refractivity (Wildman–Crippen MR) is 71.2 cm³/mol. The molecule has 1 atom stereocenters. The van der Waals surface area contributed by atoms with Gasteiger partial charge in [-0.3, -0.25) is 9.79 Å². The third-order valence-electron chi connectivity index (χ3n) is 2.59. The Kier molecular flexibility index (Phi) is 1.69. The highest BCUT2D eigenvalue weighted by molar-refractivity contribution is 7.46. The summed E-state index contributed by atoms with van der Waals surface area (Å²) in [7, 11) is -4.98. The minimum absolute atomic E-state index is 0.113. The number of fused-ring (bicyclic) bond motifs is 1. The lowest BCUT2D eigenvalue weighted by atomic mass is 9.97. The van der Waals surface area contributed by atoms with Crippen molar-refractivity contribution in [1.82, 2.24) is 10.3 Å². The highest BCUT2D eigenvalue weighted by Gasteiger charge is 2.24. The average molecular weight is 289 g/mol. The molecule has 1 aliphatic rings. The first-order valence-electron chi connectivity index (χ1n) is 8.79. The van der Waals surface area contributed by atoms with Crippen molar-refractivity contribution >= 4 is 18.7 Å². The highest BCUT2D eigenvalue weighted by atomic mass is 31.2. The van der Waals surface area contributed by atoms with Crippen LogP contribution in [0.4, 0.5) is 0 Å². The van der Waals surface area contributed by atoms with Gasteiger partial charge in [0.2, 0.25) is 0 Å². The zero-order chi connectivity index (χ0) is 19.8. The van der Waals surface area contributed by atoms with Gasteiger partial charge in [-0.1, -0.05) is 6.07 Å². The van der Waals surface area contributed by atoms with Crippen molar-refractivity contribution in [3.05, 3.63) is 30.0 Å². The van der Waals surface area contributed by atoms with Crippen LogP contribution in [-0.2, 0) is 4.57 Å². The third-order valence-corrected chi connectivity index (χ3v) is 3.03. The minimum Gasteiger partial charge on any atom is -0.404 e. The first-order chi connectivity index (χ1) is 11.6. The van der Waals surface area contributed by atoms with Crippen LogP contribution in [0.2, 0.25) is 0 Å². The molecule has 1 unspecified atom stereocenters. The maximum Gasteiger partial charge on any atom is 0.524 e. The minimum atomic E-state index is -4.98. The van der Waals surface area contributed by atoms with Crippen LogP contribution in [0.1, 0.15) is 27.4 Å². The van der Waals surface area contributed by atoms with Gasteiger partial charge in [0.15, 0.2) is 0 Å². The molecule has 2 heterocycles. The lowest BCUT2D eigenvalue weighted by Gasteiger charge is -2.12. The van der Waals surface area contributed by atoms with Gasteiger partial charge in [-0.25, -0.2) is 4.57 Å². The fraction of sp³-hybridized carbons (Fsp3) is 0.333. The van der Waals surface area contributed by atoms with Crippen LogP contribution < -0.4 is 9.84 Å². The zero-order valence-electron chi connectivity index (χ0n) is 16.5. The van der Waals surface area contributed by atoms with Crippen LogP contribution in [0.5, 0.6) is 5.75 Å². The number of phosphoric acid groups is 1. The Morgan fingerprint density at radius 3 is 3.05 bits per heavy atom. The number of nitrogens with one attached hydrogen (secondary N) is 2. The van der Waals surface area contributed by atoms with Crippen LogP contribution in [0.3, 0.4) is 0 Å². The maximum atomic E-state index is 11.2. The molecular weight excluding hydrogens is 267 g/mol. The predicted octanol–water partition coefficient (Wildman–Crippen LogP) is 1.72. The molecule has 1 aromatic carbocycles. The van der Waals surface area contributed by atoms with Gasteiger partial charge < -0.3 is 14.8 Å². The van der Waals surface area contributed by atoms with Gasteiger partial charge in [-0.15, -0.1) is 0 Å². The normalized spacial score (nSPS) is 37.3. The van der Waals surface area contributed by atoms with Gasteiger partial charge in [-0.2, -0.15) is 0 Å². The zero-order valence-corrected chi connectivity index (χ0v) is 10.4. The quantitative estimate of drug-likeness (QED) is 0.645. The van der Waals surface area contributed by atoms with Gasteiger partial charge in [0, 0.05) is 33.2 Å². The first kappa shape index (κ1) is 6.90. The fourth-order valence-electron chi connectivity index (χ4n) is 1.91. The molecule has 0 radical (unpaired) electrons. The molecule has 0 bridgehead atoms. The lowest BCUT2D eigenvalue weighted by molar-refractivity contribution is 0.284. The van der Waals surface area contributed by atoms with Gasteiger partial charge in [0.25, 0.3) is 0 Å². The molecule has 0 aliphatic carbocycles. The summed E-state index contributed by atoms with van der Waals surface area (Å²) in [4.78, 5) is 20.9. The van der Waals surface area contributed by atoms with Crippen LogP contribution in [0.15, 0.2) is 24.4 Å². The molecule has 2 aromatic rings. The van der Waals surface area contributed by atoms with Crippen LogP contribution in [0, 0.1) is 0 Å². The molecule has 3 rings (SSSR count). The average Bonchev–Trinajstić information content (AvgIpc) is 2.91. The summed E-state index contributed by atoms with van der Waals surface area (Å²) in [6.45, 7) is -5.72. The number of aromatic amines is 1. The van der Waals surface area contributed by atoms with Gasteiger partial charge >= 0.3 is 7.82 Å². The second-order valence-corrected chi connectivity index (χ2v) is 5.00. The second-order valence-electron chi connectivity index (χ2n) is 3.84. The van der Waals surface area contributed by atoms with E-state index in [2.05, 4.69) is 9.51 Å². The number of benzene rings is 1. The van der Waals surface area contributed by atoms with Crippen LogP contribution >= 0.6 is 7.82 Å². The molecule has 0 saturated carbocycles. The Labute approximate surface area is 119 Å². The van der Waals surface area contributed by atoms with E-state index >= 15 is 0 Å². The number of H-pyrrole nitrogens is 1. The summed E-state index contributed by atoms with van der Waals surface area (Å²) in [5.74, 6) is -3.17. The molecule has 1 saturated heterocycles. The van der Waals surface area contributed by atoms with E-state index in [4.69, 9.17) is 19.4 Å². The van der Waals surface area contributed by atoms with Crippen molar-refractivity contribution in [2.24, 2.45) is 0 Å². The Balaban J connectivity index is 2.33. The van der Waals surface area contributed by atoms with Crippen LogP contribution in [-0.4, -0.2) is 27.8 Å². The monoisotopic (exact) mass is 289 g/mol. The topological polar surface area (TPSA) is 94.6 Å². The molecule has 1 fully saturated rings. The van der Waals surface area contributed by atoms with E-state index in [9.17, 15) is 4.57 Å². The molecule has 1 aromatic heterocycles. The van der Waals surface area contributed by atoms with Crippen molar-refractivity contribution in [3.63, 3.8) is 0 Å². The van der Waals surface area contributed by atoms with E-state index in [0.29, 0.717) is 0 Å². The number of phosphoric ester groups is 1. The van der Waals surface area contributed by atoms with Crippen molar-refractivity contribution in [2.45, 2.75) is 12.3 Å². The Bertz CT molecular complexity index is 927. The summed E-state index contributed by atoms with van der Waals surface area (Å²) in [6.07, 6.45) is -1.92. The smallest absolute Gasteiger partial charge is 0.404 e. The van der Waals surface area contributed by atoms with E-state index in [0.717, 1.165) is 6.20 Å². The third kappa shape index (κ3) is 2.53. The summed E-state index contributed by atoms with van der Waals surface area (Å²) in [5, 5.41) is 1.75. The van der Waals surface area contributed by atoms with Crippen molar-refractivity contribution < 1.29 is 28.5 Å². The van der Waals surface area contributed by atoms with Crippen molar-refractivity contribution in [1.29, 1.82) is 0 Å². The number of rotatable bonds is 3. The summed E-state index contributed by atoms with van der Waals surface area (Å²) in [5.41, 5.74) is -0.114. The van der Waals surface area contributed by atoms with Crippen LogP contribution in [0.25, 0.3) is 10.9 Å². The molecule has 6 nitrogen and oxygen atoms in total. The summed E-state index contributed by atoms with van der Waals surface area (Å²) < 4.78 is 72.2. The maximum absolute atomic E-state index is 11.2. The van der Waals surface area contributed by atoms with Crippen molar-refractivity contribution in [2.75, 3.05) is 13.0 Å². The molecule has 7 heteroatoms. The number of aromatic nitrogens is 1. The highest BCUT2D eigenvalue weighted by Crippen LogP contribution is 2.43.